The lowest BCUT2D eigenvalue weighted by atomic mass is 9.90. The molecule has 0 bridgehead atoms. The van der Waals surface area contributed by atoms with Crippen LogP contribution >= 0.6 is 0 Å². The molecule has 1 aromatic carbocycles. The van der Waals surface area contributed by atoms with Gasteiger partial charge in [0.05, 0.1) is 0 Å². The summed E-state index contributed by atoms with van der Waals surface area (Å²) in [5.74, 6) is 0.227. The van der Waals surface area contributed by atoms with Gasteiger partial charge in [-0.2, -0.15) is 0 Å². The molecule has 1 aromatic rings. The fourth-order valence-corrected chi connectivity index (χ4v) is 2.64. The van der Waals surface area contributed by atoms with Gasteiger partial charge in [-0.15, -0.1) is 0 Å². The van der Waals surface area contributed by atoms with Gasteiger partial charge >= 0.3 is 5.97 Å². The standard InChI is InChI=1S/C18H29NO2/c1-4-5-11-17(18(20)21)19-13-16(12-14(2)3)15-9-7-6-8-10-15/h6-10,14,16-17,19H,4-5,11-13H2,1-3H3,(H,20,21)/t16?,17-/m0/s1. The molecule has 118 valence electrons. The van der Waals surface area contributed by atoms with E-state index in [1.54, 1.807) is 0 Å². The Morgan fingerprint density at radius 1 is 1.24 bits per heavy atom. The quantitative estimate of drug-likeness (QED) is 0.683. The number of nitrogens with one attached hydrogen (secondary N) is 1. The summed E-state index contributed by atoms with van der Waals surface area (Å²) in [6.07, 6.45) is 3.75. The van der Waals surface area contributed by atoms with Crippen LogP contribution in [0.25, 0.3) is 0 Å². The normalized spacial score (nSPS) is 14.1. The minimum atomic E-state index is -0.736. The molecule has 0 fully saturated rings. The lowest BCUT2D eigenvalue weighted by Crippen LogP contribution is -2.39. The van der Waals surface area contributed by atoms with E-state index < -0.39 is 12.0 Å². The average Bonchev–Trinajstić information content (AvgIpc) is 2.46. The van der Waals surface area contributed by atoms with Crippen molar-refractivity contribution in [2.24, 2.45) is 5.92 Å². The van der Waals surface area contributed by atoms with Crippen LogP contribution in [0.4, 0.5) is 0 Å². The Kier molecular flexibility index (Phi) is 8.06. The summed E-state index contributed by atoms with van der Waals surface area (Å²) >= 11 is 0. The molecule has 0 aliphatic carbocycles. The van der Waals surface area contributed by atoms with Gasteiger partial charge in [-0.05, 0) is 30.2 Å². The minimum absolute atomic E-state index is 0.370. The van der Waals surface area contributed by atoms with Crippen molar-refractivity contribution >= 4 is 5.97 Å². The molecule has 0 aliphatic rings. The van der Waals surface area contributed by atoms with Gasteiger partial charge in [-0.1, -0.05) is 63.9 Å². The maximum Gasteiger partial charge on any atom is 0.320 e. The lowest BCUT2D eigenvalue weighted by molar-refractivity contribution is -0.139. The third kappa shape index (κ3) is 6.76. The van der Waals surface area contributed by atoms with Gasteiger partial charge in [0.25, 0.3) is 0 Å². The first-order valence-electron chi connectivity index (χ1n) is 8.05. The first kappa shape index (κ1) is 17.7. The Bertz CT molecular complexity index is 403. The largest absolute Gasteiger partial charge is 0.480 e. The third-order valence-electron chi connectivity index (χ3n) is 3.78. The molecule has 0 heterocycles. The highest BCUT2D eigenvalue weighted by atomic mass is 16.4. The topological polar surface area (TPSA) is 49.3 Å². The number of carboxylic acids is 1. The third-order valence-corrected chi connectivity index (χ3v) is 3.78. The zero-order valence-corrected chi connectivity index (χ0v) is 13.5. The van der Waals surface area contributed by atoms with Gasteiger partial charge in [0, 0.05) is 6.54 Å². The molecular formula is C18H29NO2. The molecule has 3 nitrogen and oxygen atoms in total. The van der Waals surface area contributed by atoms with Gasteiger partial charge in [-0.3, -0.25) is 4.79 Å². The predicted molar refractivity (Wildman–Crippen MR) is 87.6 cm³/mol. The molecule has 2 N–H and O–H groups in total. The number of unbranched alkanes of at least 4 members (excludes halogenated alkanes) is 1. The molecule has 0 amide bonds. The van der Waals surface area contributed by atoms with Crippen LogP contribution in [0.5, 0.6) is 0 Å². The summed E-state index contributed by atoms with van der Waals surface area (Å²) in [6, 6.07) is 9.96. The van der Waals surface area contributed by atoms with E-state index in [4.69, 9.17) is 0 Å². The maximum absolute atomic E-state index is 11.3. The van der Waals surface area contributed by atoms with E-state index in [1.165, 1.54) is 5.56 Å². The Labute approximate surface area is 128 Å². The summed E-state index contributed by atoms with van der Waals surface area (Å²) in [6.45, 7) is 7.23. The summed E-state index contributed by atoms with van der Waals surface area (Å²) in [5, 5.41) is 12.6. The molecule has 2 atom stereocenters. The van der Waals surface area contributed by atoms with E-state index in [0.717, 1.165) is 25.8 Å². The van der Waals surface area contributed by atoms with Crippen LogP contribution in [0.1, 0.15) is 57.9 Å². The van der Waals surface area contributed by atoms with E-state index in [1.807, 2.05) is 6.07 Å². The fourth-order valence-electron chi connectivity index (χ4n) is 2.64. The van der Waals surface area contributed by atoms with Crippen molar-refractivity contribution in [3.05, 3.63) is 35.9 Å². The van der Waals surface area contributed by atoms with Crippen LogP contribution in [0, 0.1) is 5.92 Å². The molecule has 1 rings (SSSR count). The van der Waals surface area contributed by atoms with E-state index >= 15 is 0 Å². The number of hydrogen-bond acceptors (Lipinski definition) is 2. The fraction of sp³-hybridized carbons (Fsp3) is 0.611. The minimum Gasteiger partial charge on any atom is -0.480 e. The number of aliphatic carboxylic acids is 1. The molecule has 0 spiro atoms. The molecule has 0 aliphatic heterocycles. The van der Waals surface area contributed by atoms with Gasteiger partial charge in [-0.25, -0.2) is 0 Å². The van der Waals surface area contributed by atoms with Gasteiger partial charge in [0.2, 0.25) is 0 Å². The van der Waals surface area contributed by atoms with Crippen molar-refractivity contribution in [3.63, 3.8) is 0 Å². The maximum atomic E-state index is 11.3. The number of carboxylic acid groups (broad SMARTS) is 1. The van der Waals surface area contributed by atoms with Crippen molar-refractivity contribution in [1.29, 1.82) is 0 Å². The highest BCUT2D eigenvalue weighted by Crippen LogP contribution is 2.23. The number of carbonyl (C=O) groups is 1. The SMILES string of the molecule is CCCC[C@H](NCC(CC(C)C)c1ccccc1)C(=O)O. The van der Waals surface area contributed by atoms with Crippen molar-refractivity contribution in [2.45, 2.75) is 58.4 Å². The van der Waals surface area contributed by atoms with Crippen LogP contribution in [0.2, 0.25) is 0 Å². The molecule has 0 aromatic heterocycles. The molecule has 3 heteroatoms. The van der Waals surface area contributed by atoms with Crippen LogP contribution in [0.15, 0.2) is 30.3 Å². The van der Waals surface area contributed by atoms with E-state index in [2.05, 4.69) is 50.4 Å². The van der Waals surface area contributed by atoms with Gasteiger partial charge in [0.1, 0.15) is 6.04 Å². The first-order chi connectivity index (χ1) is 10.0. The van der Waals surface area contributed by atoms with Crippen LogP contribution in [-0.2, 0) is 4.79 Å². The predicted octanol–water partition coefficient (Wildman–Crippen LogP) is 4.05. The average molecular weight is 291 g/mol. The number of benzene rings is 1. The van der Waals surface area contributed by atoms with Gasteiger partial charge in [0.15, 0.2) is 0 Å². The molecular weight excluding hydrogens is 262 g/mol. The molecule has 1 unspecified atom stereocenters. The molecule has 0 saturated heterocycles. The van der Waals surface area contributed by atoms with Crippen molar-refractivity contribution in [2.75, 3.05) is 6.54 Å². The smallest absolute Gasteiger partial charge is 0.320 e. The Morgan fingerprint density at radius 3 is 2.43 bits per heavy atom. The number of rotatable bonds is 10. The number of hydrogen-bond donors (Lipinski definition) is 2. The zero-order valence-electron chi connectivity index (χ0n) is 13.5. The van der Waals surface area contributed by atoms with Crippen LogP contribution < -0.4 is 5.32 Å². The highest BCUT2D eigenvalue weighted by molar-refractivity contribution is 5.73. The molecule has 21 heavy (non-hydrogen) atoms. The van der Waals surface area contributed by atoms with Crippen LogP contribution in [0.3, 0.4) is 0 Å². The van der Waals surface area contributed by atoms with E-state index in [-0.39, 0.29) is 0 Å². The van der Waals surface area contributed by atoms with E-state index in [9.17, 15) is 9.90 Å². The molecule has 0 saturated carbocycles. The summed E-state index contributed by atoms with van der Waals surface area (Å²) in [4.78, 5) is 11.3. The molecule has 0 radical (unpaired) electrons. The van der Waals surface area contributed by atoms with Crippen molar-refractivity contribution < 1.29 is 9.90 Å². The second-order valence-electron chi connectivity index (χ2n) is 6.18. The van der Waals surface area contributed by atoms with E-state index in [0.29, 0.717) is 18.3 Å². The van der Waals surface area contributed by atoms with Crippen molar-refractivity contribution in [3.8, 4) is 0 Å². The van der Waals surface area contributed by atoms with Crippen molar-refractivity contribution in [1.82, 2.24) is 5.32 Å². The van der Waals surface area contributed by atoms with Crippen LogP contribution in [-0.4, -0.2) is 23.7 Å². The second kappa shape index (κ2) is 9.56. The summed E-state index contributed by atoms with van der Waals surface area (Å²) in [5.41, 5.74) is 1.29. The zero-order chi connectivity index (χ0) is 15.7. The Hall–Kier alpha value is -1.35. The van der Waals surface area contributed by atoms with Gasteiger partial charge < -0.3 is 10.4 Å². The second-order valence-corrected chi connectivity index (χ2v) is 6.18. The highest BCUT2D eigenvalue weighted by Gasteiger charge is 2.19. The lowest BCUT2D eigenvalue weighted by Gasteiger charge is -2.23. The monoisotopic (exact) mass is 291 g/mol. The Balaban J connectivity index is 2.65. The summed E-state index contributed by atoms with van der Waals surface area (Å²) in [7, 11) is 0. The first-order valence-corrected chi connectivity index (χ1v) is 8.05. The Morgan fingerprint density at radius 2 is 1.90 bits per heavy atom. The summed E-state index contributed by atoms with van der Waals surface area (Å²) < 4.78 is 0.